The summed E-state index contributed by atoms with van der Waals surface area (Å²) in [5, 5.41) is 0. The van der Waals surface area contributed by atoms with Crippen LogP contribution < -0.4 is 0 Å². The summed E-state index contributed by atoms with van der Waals surface area (Å²) >= 11 is 0. The second-order valence-corrected chi connectivity index (χ2v) is 9.33. The van der Waals surface area contributed by atoms with Crippen molar-refractivity contribution in [2.45, 2.75) is 71.8 Å². The molecule has 0 aliphatic rings. The third-order valence-electron chi connectivity index (χ3n) is 4.15. The zero-order valence-electron chi connectivity index (χ0n) is 18.8. The van der Waals surface area contributed by atoms with Gasteiger partial charge in [-0.3, -0.25) is 4.90 Å². The molecule has 0 saturated carbocycles. The number of carbonyl (C=O) groups is 2. The number of amides is 1. The van der Waals surface area contributed by atoms with Gasteiger partial charge in [-0.05, 0) is 52.7 Å². The van der Waals surface area contributed by atoms with E-state index in [9.17, 15) is 9.59 Å². The highest BCUT2D eigenvalue weighted by Crippen LogP contribution is 2.21. The van der Waals surface area contributed by atoms with Crippen LogP contribution in [0.5, 0.6) is 0 Å². The predicted octanol–water partition coefficient (Wildman–Crippen LogP) is 5.38. The highest BCUT2D eigenvalue weighted by atomic mass is 16.6. The van der Waals surface area contributed by atoms with Crippen molar-refractivity contribution >= 4 is 12.1 Å². The number of esters is 1. The summed E-state index contributed by atoms with van der Waals surface area (Å²) < 4.78 is 11.3. The SMILES string of the molecule is CC(C)(C)OC(=O)[C@@H](Cc1ccccc1)N(Cc1ccccc1)C(=O)OC(C)(C)C. The summed E-state index contributed by atoms with van der Waals surface area (Å²) in [7, 11) is 0. The van der Waals surface area contributed by atoms with Gasteiger partial charge >= 0.3 is 12.1 Å². The Balaban J connectivity index is 2.42. The minimum absolute atomic E-state index is 0.243. The van der Waals surface area contributed by atoms with Gasteiger partial charge in [0, 0.05) is 13.0 Å². The molecule has 2 aromatic carbocycles. The van der Waals surface area contributed by atoms with Crippen LogP contribution >= 0.6 is 0 Å². The van der Waals surface area contributed by atoms with Crippen LogP contribution in [0.1, 0.15) is 52.7 Å². The average molecular weight is 412 g/mol. The summed E-state index contributed by atoms with van der Waals surface area (Å²) in [4.78, 5) is 27.8. The zero-order valence-corrected chi connectivity index (χ0v) is 18.8. The van der Waals surface area contributed by atoms with Crippen molar-refractivity contribution < 1.29 is 19.1 Å². The lowest BCUT2D eigenvalue weighted by Gasteiger charge is -2.34. The van der Waals surface area contributed by atoms with Crippen LogP contribution in [0, 0.1) is 0 Å². The molecule has 0 aliphatic carbocycles. The van der Waals surface area contributed by atoms with E-state index < -0.39 is 29.3 Å². The van der Waals surface area contributed by atoms with E-state index in [1.807, 2.05) is 102 Å². The molecule has 0 N–H and O–H groups in total. The molecule has 0 radical (unpaired) electrons. The van der Waals surface area contributed by atoms with Crippen molar-refractivity contribution in [2.75, 3.05) is 0 Å². The minimum atomic E-state index is -0.818. The van der Waals surface area contributed by atoms with Gasteiger partial charge in [0.05, 0.1) is 0 Å². The molecule has 0 spiro atoms. The van der Waals surface area contributed by atoms with Gasteiger partial charge in [0.15, 0.2) is 0 Å². The highest BCUT2D eigenvalue weighted by Gasteiger charge is 2.36. The molecule has 1 atom stereocenters. The molecule has 5 heteroatoms. The number of hydrogen-bond acceptors (Lipinski definition) is 4. The molecule has 0 bridgehead atoms. The molecule has 0 aliphatic heterocycles. The maximum absolute atomic E-state index is 13.2. The molecular formula is C25H33NO4. The Kier molecular flexibility index (Phi) is 7.65. The van der Waals surface area contributed by atoms with Crippen molar-refractivity contribution in [3.05, 3.63) is 71.8 Å². The molecule has 0 unspecified atom stereocenters. The maximum Gasteiger partial charge on any atom is 0.411 e. The smallest absolute Gasteiger partial charge is 0.411 e. The number of rotatable bonds is 6. The molecule has 2 aromatic rings. The van der Waals surface area contributed by atoms with Gasteiger partial charge in [0.25, 0.3) is 0 Å². The quantitative estimate of drug-likeness (QED) is 0.599. The Morgan fingerprint density at radius 3 is 1.70 bits per heavy atom. The van der Waals surface area contributed by atoms with Crippen LogP contribution in [-0.2, 0) is 27.2 Å². The van der Waals surface area contributed by atoms with Gasteiger partial charge < -0.3 is 9.47 Å². The second kappa shape index (κ2) is 9.79. The van der Waals surface area contributed by atoms with E-state index >= 15 is 0 Å². The summed E-state index contributed by atoms with van der Waals surface area (Å²) in [6, 6.07) is 18.4. The fourth-order valence-corrected chi connectivity index (χ4v) is 2.93. The van der Waals surface area contributed by atoms with E-state index in [1.165, 1.54) is 4.90 Å². The van der Waals surface area contributed by atoms with E-state index in [-0.39, 0.29) is 6.54 Å². The molecule has 2 rings (SSSR count). The first-order valence-corrected chi connectivity index (χ1v) is 10.2. The van der Waals surface area contributed by atoms with Crippen LogP contribution in [0.2, 0.25) is 0 Å². The standard InChI is InChI=1S/C25H33NO4/c1-24(2,3)29-22(27)21(17-19-13-9-7-10-14-19)26(23(28)30-25(4,5)6)18-20-15-11-8-12-16-20/h7-16,21H,17-18H2,1-6H3/t21-/m1/s1. The Morgan fingerprint density at radius 1 is 0.767 bits per heavy atom. The van der Waals surface area contributed by atoms with Crippen molar-refractivity contribution in [1.82, 2.24) is 4.90 Å². The van der Waals surface area contributed by atoms with Crippen molar-refractivity contribution in [3.8, 4) is 0 Å². The lowest BCUT2D eigenvalue weighted by atomic mass is 10.0. The van der Waals surface area contributed by atoms with Gasteiger partial charge in [-0.2, -0.15) is 0 Å². The number of hydrogen-bond donors (Lipinski definition) is 0. The van der Waals surface area contributed by atoms with Crippen LogP contribution in [0.15, 0.2) is 60.7 Å². The molecule has 1 amide bonds. The zero-order chi connectivity index (χ0) is 22.4. The van der Waals surface area contributed by atoms with E-state index in [0.717, 1.165) is 11.1 Å². The number of carbonyl (C=O) groups excluding carboxylic acids is 2. The van der Waals surface area contributed by atoms with Gasteiger partial charge in [-0.1, -0.05) is 60.7 Å². The molecule has 162 valence electrons. The van der Waals surface area contributed by atoms with E-state index in [1.54, 1.807) is 0 Å². The fourth-order valence-electron chi connectivity index (χ4n) is 2.93. The minimum Gasteiger partial charge on any atom is -0.458 e. The van der Waals surface area contributed by atoms with Crippen LogP contribution in [0.4, 0.5) is 4.79 Å². The van der Waals surface area contributed by atoms with E-state index in [4.69, 9.17) is 9.47 Å². The summed E-state index contributed by atoms with van der Waals surface area (Å²) in [5.74, 6) is -0.451. The second-order valence-electron chi connectivity index (χ2n) is 9.33. The lowest BCUT2D eigenvalue weighted by Crippen LogP contribution is -2.49. The van der Waals surface area contributed by atoms with Gasteiger partial charge in [-0.15, -0.1) is 0 Å². The fraction of sp³-hybridized carbons (Fsp3) is 0.440. The Hall–Kier alpha value is -2.82. The molecule has 0 aromatic heterocycles. The highest BCUT2D eigenvalue weighted by molar-refractivity contribution is 5.82. The molecule has 30 heavy (non-hydrogen) atoms. The van der Waals surface area contributed by atoms with E-state index in [0.29, 0.717) is 6.42 Å². The Labute approximate surface area is 180 Å². The normalized spacial score (nSPS) is 12.7. The van der Waals surface area contributed by atoms with Crippen molar-refractivity contribution in [1.29, 1.82) is 0 Å². The third kappa shape index (κ3) is 7.90. The molecule has 0 fully saturated rings. The number of benzene rings is 2. The largest absolute Gasteiger partial charge is 0.458 e. The van der Waals surface area contributed by atoms with E-state index in [2.05, 4.69) is 0 Å². The number of ether oxygens (including phenoxy) is 2. The Bertz CT molecular complexity index is 748. The summed E-state index contributed by atoms with van der Waals surface area (Å²) in [6.45, 7) is 11.1. The summed E-state index contributed by atoms with van der Waals surface area (Å²) in [6.07, 6.45) is -0.208. The van der Waals surface area contributed by atoms with Crippen molar-refractivity contribution in [2.24, 2.45) is 0 Å². The molecule has 0 heterocycles. The topological polar surface area (TPSA) is 55.8 Å². The number of nitrogens with zero attached hydrogens (tertiary/aromatic N) is 1. The first kappa shape index (κ1) is 23.5. The molecule has 5 nitrogen and oxygen atoms in total. The lowest BCUT2D eigenvalue weighted by molar-refractivity contribution is -0.161. The third-order valence-corrected chi connectivity index (χ3v) is 4.15. The maximum atomic E-state index is 13.2. The molecule has 0 saturated heterocycles. The van der Waals surface area contributed by atoms with Crippen molar-refractivity contribution in [3.63, 3.8) is 0 Å². The van der Waals surface area contributed by atoms with Gasteiger partial charge in [0.1, 0.15) is 17.2 Å². The van der Waals surface area contributed by atoms with Gasteiger partial charge in [-0.25, -0.2) is 9.59 Å². The first-order valence-electron chi connectivity index (χ1n) is 10.2. The molecular weight excluding hydrogens is 378 g/mol. The monoisotopic (exact) mass is 411 g/mol. The first-order chi connectivity index (χ1) is 13.9. The van der Waals surface area contributed by atoms with Crippen LogP contribution in [-0.4, -0.2) is 34.2 Å². The van der Waals surface area contributed by atoms with Gasteiger partial charge in [0.2, 0.25) is 0 Å². The van der Waals surface area contributed by atoms with Crippen LogP contribution in [0.3, 0.4) is 0 Å². The predicted molar refractivity (Wildman–Crippen MR) is 118 cm³/mol. The van der Waals surface area contributed by atoms with Crippen LogP contribution in [0.25, 0.3) is 0 Å². The average Bonchev–Trinajstić information content (AvgIpc) is 2.63. The summed E-state index contributed by atoms with van der Waals surface area (Å²) in [5.41, 5.74) is 0.496. The Morgan fingerprint density at radius 2 is 1.23 bits per heavy atom.